The van der Waals surface area contributed by atoms with E-state index in [1.54, 1.807) is 6.07 Å². The molecule has 29 heavy (non-hydrogen) atoms. The number of hydrogen-bond donors (Lipinski definition) is 0. The van der Waals surface area contributed by atoms with Crippen molar-refractivity contribution in [1.29, 1.82) is 10.5 Å². The molecule has 2 fully saturated rings. The van der Waals surface area contributed by atoms with Crippen LogP contribution in [0.4, 0.5) is 8.78 Å². The number of esters is 1. The summed E-state index contributed by atoms with van der Waals surface area (Å²) in [6.45, 7) is 0. The minimum Gasteiger partial charge on any atom is -0.462 e. The van der Waals surface area contributed by atoms with Gasteiger partial charge in [-0.2, -0.15) is 14.9 Å². The van der Waals surface area contributed by atoms with Crippen LogP contribution in [0.25, 0.3) is 0 Å². The summed E-state index contributed by atoms with van der Waals surface area (Å²) in [5.74, 6) is -1.32. The van der Waals surface area contributed by atoms with Gasteiger partial charge in [0.15, 0.2) is 5.83 Å². The summed E-state index contributed by atoms with van der Waals surface area (Å²) in [5.41, 5.74) is 0.927. The highest BCUT2D eigenvalue weighted by molar-refractivity contribution is 5.72. The number of ether oxygens (including phenoxy) is 1. The summed E-state index contributed by atoms with van der Waals surface area (Å²) in [6, 6.07) is 8.07. The van der Waals surface area contributed by atoms with Gasteiger partial charge in [0.05, 0.1) is 11.5 Å². The zero-order valence-corrected chi connectivity index (χ0v) is 16.2. The van der Waals surface area contributed by atoms with Crippen molar-refractivity contribution >= 4 is 5.97 Å². The molecule has 0 aliphatic heterocycles. The fourth-order valence-electron chi connectivity index (χ4n) is 4.42. The molecule has 0 amide bonds. The minimum absolute atomic E-state index is 0.0351. The number of halogens is 2. The van der Waals surface area contributed by atoms with Crippen LogP contribution in [-0.2, 0) is 9.53 Å². The molecule has 4 nitrogen and oxygen atoms in total. The largest absolute Gasteiger partial charge is 0.462 e. The average Bonchev–Trinajstić information content (AvgIpc) is 2.75. The maximum atomic E-state index is 13.9. The lowest BCUT2D eigenvalue weighted by Gasteiger charge is -2.31. The second-order valence-corrected chi connectivity index (χ2v) is 8.00. The predicted molar refractivity (Wildman–Crippen MR) is 102 cm³/mol. The Labute approximate surface area is 169 Å². The van der Waals surface area contributed by atoms with E-state index in [4.69, 9.17) is 15.3 Å². The number of nitriles is 2. The van der Waals surface area contributed by atoms with Crippen LogP contribution in [0.15, 0.2) is 30.1 Å². The second-order valence-electron chi connectivity index (χ2n) is 8.00. The van der Waals surface area contributed by atoms with E-state index in [1.165, 1.54) is 24.3 Å². The smallest absolute Gasteiger partial charge is 0.309 e. The van der Waals surface area contributed by atoms with Crippen molar-refractivity contribution in [3.05, 3.63) is 47.0 Å². The highest BCUT2D eigenvalue weighted by atomic mass is 19.1. The number of rotatable bonds is 4. The molecule has 0 atom stereocenters. The van der Waals surface area contributed by atoms with Crippen LogP contribution in [0, 0.1) is 40.3 Å². The van der Waals surface area contributed by atoms with E-state index in [2.05, 4.69) is 0 Å². The Morgan fingerprint density at radius 2 is 1.76 bits per heavy atom. The number of carbonyl (C=O) groups is 1. The summed E-state index contributed by atoms with van der Waals surface area (Å²) in [6.07, 6.45) is 7.01. The highest BCUT2D eigenvalue weighted by Gasteiger charge is 2.31. The molecule has 2 saturated carbocycles. The summed E-state index contributed by atoms with van der Waals surface area (Å²) in [5, 5.41) is 17.4. The van der Waals surface area contributed by atoms with Gasteiger partial charge in [0, 0.05) is 0 Å². The van der Waals surface area contributed by atoms with Gasteiger partial charge in [0.25, 0.3) is 0 Å². The van der Waals surface area contributed by atoms with Gasteiger partial charge < -0.3 is 4.74 Å². The molecule has 2 aliphatic rings. The van der Waals surface area contributed by atoms with Crippen LogP contribution in [-0.4, -0.2) is 12.1 Å². The second kappa shape index (κ2) is 9.65. The standard InChI is InChI=1S/C23H24F2N2O2/c24-20(14-27)11-15-1-9-21(10-2-15)29-23(28)17-5-3-16(4-6-17)18-7-8-19(13-26)22(25)12-18/h7-8,11-12,15-17,21H,1-6,9-10H2. The molecule has 0 aromatic heterocycles. The monoisotopic (exact) mass is 398 g/mol. The van der Waals surface area contributed by atoms with Gasteiger partial charge in [-0.3, -0.25) is 4.79 Å². The van der Waals surface area contributed by atoms with Crippen LogP contribution in [0.1, 0.15) is 68.4 Å². The fourth-order valence-corrected chi connectivity index (χ4v) is 4.42. The van der Waals surface area contributed by atoms with Crippen LogP contribution in [0.5, 0.6) is 0 Å². The average molecular weight is 398 g/mol. The van der Waals surface area contributed by atoms with E-state index in [0.29, 0.717) is 38.5 Å². The van der Waals surface area contributed by atoms with Gasteiger partial charge in [-0.1, -0.05) is 6.07 Å². The van der Waals surface area contributed by atoms with E-state index < -0.39 is 11.6 Å². The molecule has 1 aromatic rings. The van der Waals surface area contributed by atoms with Crippen molar-refractivity contribution in [3.8, 4) is 12.1 Å². The van der Waals surface area contributed by atoms with E-state index in [9.17, 15) is 13.6 Å². The first kappa shape index (κ1) is 21.0. The zero-order valence-electron chi connectivity index (χ0n) is 16.2. The van der Waals surface area contributed by atoms with Gasteiger partial charge in [0.2, 0.25) is 0 Å². The molecule has 152 valence electrons. The lowest BCUT2D eigenvalue weighted by Crippen LogP contribution is -2.29. The zero-order chi connectivity index (χ0) is 20.8. The number of carbonyl (C=O) groups excluding carboxylic acids is 1. The normalized spacial score (nSPS) is 27.5. The van der Waals surface area contributed by atoms with Gasteiger partial charge >= 0.3 is 5.97 Å². The number of benzene rings is 1. The third kappa shape index (κ3) is 5.41. The van der Waals surface area contributed by atoms with Crippen LogP contribution >= 0.6 is 0 Å². The number of hydrogen-bond acceptors (Lipinski definition) is 4. The Balaban J connectivity index is 1.46. The molecule has 3 rings (SSSR count). The van der Waals surface area contributed by atoms with E-state index in [1.807, 2.05) is 6.07 Å². The Kier molecular flexibility index (Phi) is 6.99. The SMILES string of the molecule is N#CC(F)=CC1CCC(OC(=O)C2CCC(c3ccc(C#N)c(F)c3)CC2)CC1. The van der Waals surface area contributed by atoms with Crippen LogP contribution < -0.4 is 0 Å². The molecule has 2 aliphatic carbocycles. The molecule has 0 saturated heterocycles. The van der Waals surface area contributed by atoms with E-state index >= 15 is 0 Å². The first-order valence-electron chi connectivity index (χ1n) is 10.2. The molecular formula is C23H24F2N2O2. The molecule has 0 N–H and O–H groups in total. The van der Waals surface area contributed by atoms with Gasteiger partial charge in [-0.05, 0) is 87.0 Å². The fraction of sp³-hybridized carbons (Fsp3) is 0.522. The lowest BCUT2D eigenvalue weighted by molar-refractivity contribution is -0.157. The van der Waals surface area contributed by atoms with E-state index in [0.717, 1.165) is 18.4 Å². The molecule has 0 bridgehead atoms. The van der Waals surface area contributed by atoms with Gasteiger partial charge in [0.1, 0.15) is 24.1 Å². The summed E-state index contributed by atoms with van der Waals surface area (Å²) < 4.78 is 32.6. The molecular weight excluding hydrogens is 374 g/mol. The topological polar surface area (TPSA) is 73.9 Å². The molecule has 0 spiro atoms. The Hall–Kier alpha value is -2.73. The highest BCUT2D eigenvalue weighted by Crippen LogP contribution is 2.37. The van der Waals surface area contributed by atoms with Gasteiger partial charge in [-0.15, -0.1) is 0 Å². The maximum Gasteiger partial charge on any atom is 0.309 e. The van der Waals surface area contributed by atoms with Crippen molar-refractivity contribution in [1.82, 2.24) is 0 Å². The molecule has 0 radical (unpaired) electrons. The summed E-state index contributed by atoms with van der Waals surface area (Å²) >= 11 is 0. The maximum absolute atomic E-state index is 13.9. The molecule has 0 heterocycles. The van der Waals surface area contributed by atoms with E-state index in [-0.39, 0.29) is 35.4 Å². The third-order valence-electron chi connectivity index (χ3n) is 6.14. The van der Waals surface area contributed by atoms with Crippen molar-refractivity contribution in [2.45, 2.75) is 63.4 Å². The minimum atomic E-state index is -0.746. The van der Waals surface area contributed by atoms with Gasteiger partial charge in [-0.25, -0.2) is 4.39 Å². The summed E-state index contributed by atoms with van der Waals surface area (Å²) in [7, 11) is 0. The summed E-state index contributed by atoms with van der Waals surface area (Å²) in [4.78, 5) is 12.5. The number of nitrogens with zero attached hydrogens (tertiary/aromatic N) is 2. The number of allylic oxidation sites excluding steroid dienone is 2. The lowest BCUT2D eigenvalue weighted by atomic mass is 9.78. The van der Waals surface area contributed by atoms with Crippen molar-refractivity contribution < 1.29 is 18.3 Å². The Morgan fingerprint density at radius 3 is 2.34 bits per heavy atom. The molecule has 6 heteroatoms. The predicted octanol–water partition coefficient (Wildman–Crippen LogP) is 5.45. The Morgan fingerprint density at radius 1 is 1.07 bits per heavy atom. The quantitative estimate of drug-likeness (QED) is 0.499. The molecule has 0 unspecified atom stereocenters. The first-order valence-corrected chi connectivity index (χ1v) is 10.2. The van der Waals surface area contributed by atoms with Crippen molar-refractivity contribution in [2.24, 2.45) is 11.8 Å². The molecule has 1 aromatic carbocycles. The van der Waals surface area contributed by atoms with Crippen molar-refractivity contribution in [2.75, 3.05) is 0 Å². The van der Waals surface area contributed by atoms with Crippen molar-refractivity contribution in [3.63, 3.8) is 0 Å². The third-order valence-corrected chi connectivity index (χ3v) is 6.14. The van der Waals surface area contributed by atoms with Crippen LogP contribution in [0.3, 0.4) is 0 Å². The van der Waals surface area contributed by atoms with Crippen LogP contribution in [0.2, 0.25) is 0 Å². The Bertz CT molecular complexity index is 853. The first-order chi connectivity index (χ1) is 14.0.